The molecular weight excluding hydrogens is 234 g/mol. The first kappa shape index (κ1) is 14.1. The van der Waals surface area contributed by atoms with Crippen LogP contribution < -0.4 is 5.73 Å². The summed E-state index contributed by atoms with van der Waals surface area (Å²) >= 11 is 0. The fourth-order valence-electron chi connectivity index (χ4n) is 2.29. The van der Waals surface area contributed by atoms with Gasteiger partial charge in [0.15, 0.2) is 0 Å². The number of hydrogen-bond acceptors (Lipinski definition) is 2. The lowest BCUT2D eigenvalue weighted by atomic mass is 9.81. The van der Waals surface area contributed by atoms with E-state index in [2.05, 4.69) is 62.8 Å². The Kier molecular flexibility index (Phi) is 3.43. The summed E-state index contributed by atoms with van der Waals surface area (Å²) in [6.07, 6.45) is 0.985. The van der Waals surface area contributed by atoms with Crippen molar-refractivity contribution in [2.75, 3.05) is 6.54 Å². The fraction of sp³-hybridized carbons (Fsp3) is 0.562. The highest BCUT2D eigenvalue weighted by atomic mass is 14.9. The Balaban J connectivity index is 2.46. The average molecular weight is 259 g/mol. The zero-order valence-corrected chi connectivity index (χ0v) is 12.7. The number of nitrogens with zero attached hydrogens (tertiary/aromatic N) is 1. The van der Waals surface area contributed by atoms with Gasteiger partial charge in [-0.25, -0.2) is 4.98 Å². The zero-order valence-electron chi connectivity index (χ0n) is 12.7. The minimum atomic E-state index is 0.0476. The molecule has 0 bridgehead atoms. The zero-order chi connectivity index (χ0) is 14.3. The summed E-state index contributed by atoms with van der Waals surface area (Å²) in [5.41, 5.74) is 9.33. The second-order valence-electron chi connectivity index (χ2n) is 6.99. The Morgan fingerprint density at radius 2 is 1.84 bits per heavy atom. The van der Waals surface area contributed by atoms with E-state index in [4.69, 9.17) is 5.73 Å². The molecule has 0 atom stereocenters. The molecule has 0 spiro atoms. The summed E-state index contributed by atoms with van der Waals surface area (Å²) in [5, 5.41) is 0. The highest BCUT2D eigenvalue weighted by Crippen LogP contribution is 2.30. The summed E-state index contributed by atoms with van der Waals surface area (Å²) in [7, 11) is 0. The summed E-state index contributed by atoms with van der Waals surface area (Å²) in [4.78, 5) is 8.12. The number of aromatic nitrogens is 2. The first-order valence-corrected chi connectivity index (χ1v) is 6.95. The van der Waals surface area contributed by atoms with E-state index in [1.165, 1.54) is 5.56 Å². The smallest absolute Gasteiger partial charge is 0.112 e. The minimum absolute atomic E-state index is 0.0476. The largest absolute Gasteiger partial charge is 0.342 e. The maximum atomic E-state index is 5.71. The molecule has 1 heterocycles. The van der Waals surface area contributed by atoms with E-state index in [1.54, 1.807) is 0 Å². The van der Waals surface area contributed by atoms with Crippen LogP contribution in [0.2, 0.25) is 0 Å². The van der Waals surface area contributed by atoms with Gasteiger partial charge < -0.3 is 10.7 Å². The molecule has 3 heteroatoms. The molecule has 19 heavy (non-hydrogen) atoms. The first-order chi connectivity index (χ1) is 8.74. The van der Waals surface area contributed by atoms with Crippen LogP contribution in [0.1, 0.15) is 52.4 Å². The molecule has 0 saturated carbocycles. The van der Waals surface area contributed by atoms with Crippen molar-refractivity contribution in [1.82, 2.24) is 9.97 Å². The van der Waals surface area contributed by atoms with Crippen LogP contribution in [0.5, 0.6) is 0 Å². The molecule has 0 amide bonds. The van der Waals surface area contributed by atoms with Gasteiger partial charge in [-0.1, -0.05) is 40.7 Å². The maximum absolute atomic E-state index is 5.71. The summed E-state index contributed by atoms with van der Waals surface area (Å²) < 4.78 is 0. The second kappa shape index (κ2) is 4.64. The molecular formula is C16H25N3. The molecule has 0 unspecified atom stereocenters. The Bertz CT molecular complexity index is 573. The van der Waals surface area contributed by atoms with Gasteiger partial charge in [-0.3, -0.25) is 0 Å². The Labute approximate surface area is 115 Å². The van der Waals surface area contributed by atoms with Crippen LogP contribution in [0.4, 0.5) is 0 Å². The van der Waals surface area contributed by atoms with Gasteiger partial charge in [0.25, 0.3) is 0 Å². The molecule has 3 nitrogen and oxygen atoms in total. The van der Waals surface area contributed by atoms with Crippen molar-refractivity contribution < 1.29 is 0 Å². The van der Waals surface area contributed by atoms with Crippen molar-refractivity contribution in [2.45, 2.75) is 51.9 Å². The third-order valence-corrected chi connectivity index (χ3v) is 3.74. The monoisotopic (exact) mass is 259 g/mol. The third kappa shape index (κ3) is 2.81. The lowest BCUT2D eigenvalue weighted by Crippen LogP contribution is -2.21. The number of nitrogens with one attached hydrogen (secondary N) is 1. The van der Waals surface area contributed by atoms with Crippen LogP contribution in [0.3, 0.4) is 0 Å². The van der Waals surface area contributed by atoms with Crippen molar-refractivity contribution >= 4 is 11.0 Å². The van der Waals surface area contributed by atoms with E-state index in [9.17, 15) is 0 Å². The standard InChI is InChI=1S/C16H25N3/c1-15(2,3)14-18-12-7-6-11(10-13(12)19-14)16(4,5)8-9-17/h6-7,10H,8-9,17H2,1-5H3,(H,18,19). The SMILES string of the molecule is CC(C)(C)c1nc2ccc(C(C)(C)CCN)cc2[nH]1. The Morgan fingerprint density at radius 1 is 1.16 bits per heavy atom. The number of rotatable bonds is 3. The molecule has 1 aromatic carbocycles. The van der Waals surface area contributed by atoms with E-state index in [-0.39, 0.29) is 10.8 Å². The van der Waals surface area contributed by atoms with Gasteiger partial charge in [0.05, 0.1) is 11.0 Å². The summed E-state index contributed by atoms with van der Waals surface area (Å²) in [6, 6.07) is 6.49. The van der Waals surface area contributed by atoms with Crippen LogP contribution in [0.15, 0.2) is 18.2 Å². The molecule has 0 radical (unpaired) electrons. The van der Waals surface area contributed by atoms with E-state index in [0.29, 0.717) is 6.54 Å². The predicted molar refractivity (Wildman–Crippen MR) is 81.5 cm³/mol. The number of nitrogens with two attached hydrogens (primary N) is 1. The predicted octanol–water partition coefficient (Wildman–Crippen LogP) is 3.49. The molecule has 2 rings (SSSR count). The molecule has 3 N–H and O–H groups in total. The van der Waals surface area contributed by atoms with Gasteiger partial charge in [0, 0.05) is 5.41 Å². The second-order valence-corrected chi connectivity index (χ2v) is 6.99. The number of fused-ring (bicyclic) bond motifs is 1. The first-order valence-electron chi connectivity index (χ1n) is 6.95. The van der Waals surface area contributed by atoms with Crippen LogP contribution in [0.25, 0.3) is 11.0 Å². The summed E-state index contributed by atoms with van der Waals surface area (Å²) in [5.74, 6) is 1.04. The van der Waals surface area contributed by atoms with Gasteiger partial charge in [-0.15, -0.1) is 0 Å². The van der Waals surface area contributed by atoms with Crippen LogP contribution in [-0.4, -0.2) is 16.5 Å². The van der Waals surface area contributed by atoms with Gasteiger partial charge in [-0.05, 0) is 36.1 Å². The van der Waals surface area contributed by atoms with E-state index < -0.39 is 0 Å². The van der Waals surface area contributed by atoms with Crippen molar-refractivity contribution in [3.8, 4) is 0 Å². The highest BCUT2D eigenvalue weighted by Gasteiger charge is 2.22. The lowest BCUT2D eigenvalue weighted by molar-refractivity contribution is 0.488. The van der Waals surface area contributed by atoms with Crippen molar-refractivity contribution in [3.63, 3.8) is 0 Å². The number of H-pyrrole nitrogens is 1. The summed E-state index contributed by atoms with van der Waals surface area (Å²) in [6.45, 7) is 11.7. The third-order valence-electron chi connectivity index (χ3n) is 3.74. The van der Waals surface area contributed by atoms with Gasteiger partial charge in [-0.2, -0.15) is 0 Å². The molecule has 1 aromatic heterocycles. The Morgan fingerprint density at radius 3 is 2.42 bits per heavy atom. The Hall–Kier alpha value is -1.35. The van der Waals surface area contributed by atoms with Crippen LogP contribution in [0, 0.1) is 0 Å². The van der Waals surface area contributed by atoms with E-state index in [1.807, 2.05) is 0 Å². The molecule has 0 aliphatic carbocycles. The topological polar surface area (TPSA) is 54.7 Å². The molecule has 0 aliphatic rings. The minimum Gasteiger partial charge on any atom is -0.342 e. The quantitative estimate of drug-likeness (QED) is 0.886. The van der Waals surface area contributed by atoms with E-state index in [0.717, 1.165) is 23.3 Å². The van der Waals surface area contributed by atoms with Crippen molar-refractivity contribution in [1.29, 1.82) is 0 Å². The van der Waals surface area contributed by atoms with Gasteiger partial charge in [0.2, 0.25) is 0 Å². The molecule has 0 fully saturated rings. The van der Waals surface area contributed by atoms with Crippen molar-refractivity contribution in [2.24, 2.45) is 5.73 Å². The highest BCUT2D eigenvalue weighted by molar-refractivity contribution is 5.76. The lowest BCUT2D eigenvalue weighted by Gasteiger charge is -2.24. The average Bonchev–Trinajstić information content (AvgIpc) is 2.70. The van der Waals surface area contributed by atoms with Gasteiger partial charge >= 0.3 is 0 Å². The number of imidazole rings is 1. The van der Waals surface area contributed by atoms with Crippen LogP contribution >= 0.6 is 0 Å². The fourth-order valence-corrected chi connectivity index (χ4v) is 2.29. The molecule has 104 valence electrons. The van der Waals surface area contributed by atoms with Crippen molar-refractivity contribution in [3.05, 3.63) is 29.6 Å². The normalized spacial score (nSPS) is 13.2. The number of aromatic amines is 1. The number of benzene rings is 1. The van der Waals surface area contributed by atoms with Crippen LogP contribution in [-0.2, 0) is 10.8 Å². The van der Waals surface area contributed by atoms with E-state index >= 15 is 0 Å². The number of hydrogen-bond donors (Lipinski definition) is 2. The van der Waals surface area contributed by atoms with Gasteiger partial charge in [0.1, 0.15) is 5.82 Å². The molecule has 0 saturated heterocycles. The molecule has 0 aliphatic heterocycles. The maximum Gasteiger partial charge on any atom is 0.112 e. The molecule has 2 aromatic rings.